The Morgan fingerprint density at radius 1 is 0.818 bits per heavy atom. The molecule has 2 heterocycles. The first-order chi connectivity index (χ1) is 15.5. The molecule has 13 heteroatoms. The highest BCUT2D eigenvalue weighted by Crippen LogP contribution is 2.57. The second-order valence-corrected chi connectivity index (χ2v) is 9.40. The van der Waals surface area contributed by atoms with Crippen molar-refractivity contribution in [2.75, 3.05) is 0 Å². The van der Waals surface area contributed by atoms with Crippen LogP contribution in [0.5, 0.6) is 23.0 Å². The minimum Gasteiger partial charge on any atom is -0.780 e. The van der Waals surface area contributed by atoms with E-state index in [0.717, 1.165) is 6.07 Å². The quantitative estimate of drug-likeness (QED) is 0.404. The molecule has 0 saturated heterocycles. The van der Waals surface area contributed by atoms with Crippen molar-refractivity contribution in [2.45, 2.75) is 5.60 Å². The summed E-state index contributed by atoms with van der Waals surface area (Å²) in [6.07, 6.45) is 0. The van der Waals surface area contributed by atoms with Crippen LogP contribution >= 0.6 is 15.6 Å². The first kappa shape index (κ1) is 21.7. The third-order valence-electron chi connectivity index (χ3n) is 5.10. The molecule has 3 aromatic rings. The maximum absolute atomic E-state index is 12.7. The fraction of sp³-hybridized carbons (Fsp3) is 0.0500. The number of phosphoric acid groups is 2. The molecule has 0 radical (unpaired) electrons. The molecule has 1 atom stereocenters. The third kappa shape index (κ3) is 3.71. The number of ether oxygens (including phenoxy) is 2. The van der Waals surface area contributed by atoms with Crippen molar-refractivity contribution in [3.8, 4) is 23.0 Å². The maximum atomic E-state index is 12.7. The van der Waals surface area contributed by atoms with Crippen LogP contribution in [0.15, 0.2) is 60.7 Å². The van der Waals surface area contributed by atoms with Gasteiger partial charge >= 0.3 is 13.8 Å². The van der Waals surface area contributed by atoms with Gasteiger partial charge in [0.25, 0.3) is 0 Å². The second kappa shape index (κ2) is 7.16. The average molecular weight is 490 g/mol. The van der Waals surface area contributed by atoms with Gasteiger partial charge in [-0.25, -0.2) is 9.36 Å². The lowest BCUT2D eigenvalue weighted by molar-refractivity contribution is -0.333. The molecule has 2 N–H and O–H groups in total. The number of carbonyl (C=O) groups is 1. The molecule has 0 aromatic heterocycles. The van der Waals surface area contributed by atoms with Crippen LogP contribution in [0, 0.1) is 0 Å². The van der Waals surface area contributed by atoms with Crippen LogP contribution in [0.2, 0.25) is 0 Å². The van der Waals surface area contributed by atoms with Crippen molar-refractivity contribution in [1.29, 1.82) is 0 Å². The van der Waals surface area contributed by atoms with Crippen molar-refractivity contribution in [2.24, 2.45) is 0 Å². The second-order valence-electron chi connectivity index (χ2n) is 7.15. The molecule has 1 unspecified atom stereocenters. The van der Waals surface area contributed by atoms with Gasteiger partial charge in [0, 0.05) is 28.8 Å². The molecular formula is C20H12O11P2-2. The van der Waals surface area contributed by atoms with E-state index >= 15 is 0 Å². The van der Waals surface area contributed by atoms with Crippen molar-refractivity contribution in [1.82, 2.24) is 0 Å². The molecule has 1 spiro atoms. The van der Waals surface area contributed by atoms with Crippen LogP contribution < -0.4 is 23.6 Å². The van der Waals surface area contributed by atoms with Crippen LogP contribution in [-0.4, -0.2) is 15.8 Å². The van der Waals surface area contributed by atoms with Gasteiger partial charge < -0.3 is 32.9 Å². The molecule has 11 nitrogen and oxygen atoms in total. The standard InChI is InChI=1S/C20H14O11P2/c21-19-13-3-1-2-4-14(13)20(29-19)15-7-5-11(30-32(22,23)24)9-17(15)28-18-10-12(6-8-16(18)20)31-33(25,26)27/h1-10H,(H2,22,23,24)(H2,25,26,27)/p-2. The molecule has 0 fully saturated rings. The minimum atomic E-state index is -5.37. The summed E-state index contributed by atoms with van der Waals surface area (Å²) >= 11 is 0. The molecular weight excluding hydrogens is 478 g/mol. The van der Waals surface area contributed by atoms with E-state index in [1.54, 1.807) is 24.3 Å². The van der Waals surface area contributed by atoms with Crippen molar-refractivity contribution >= 4 is 21.6 Å². The average Bonchev–Trinajstić information content (AvgIpc) is 2.99. The van der Waals surface area contributed by atoms with Crippen LogP contribution in [0.25, 0.3) is 0 Å². The summed E-state index contributed by atoms with van der Waals surface area (Å²) in [5.41, 5.74) is -0.115. The van der Waals surface area contributed by atoms with Crippen LogP contribution in [0.3, 0.4) is 0 Å². The minimum absolute atomic E-state index is 0.00807. The summed E-state index contributed by atoms with van der Waals surface area (Å²) in [5, 5.41) is 0. The molecule has 0 amide bonds. The van der Waals surface area contributed by atoms with E-state index in [2.05, 4.69) is 9.05 Å². The van der Waals surface area contributed by atoms with E-state index < -0.39 is 27.2 Å². The molecule has 3 aromatic carbocycles. The molecule has 0 saturated carbocycles. The van der Waals surface area contributed by atoms with E-state index in [9.17, 15) is 23.7 Å². The summed E-state index contributed by atoms with van der Waals surface area (Å²) in [5.74, 6) is -1.17. The molecule has 0 bridgehead atoms. The maximum Gasteiger partial charge on any atom is 0.524 e. The van der Waals surface area contributed by atoms with E-state index in [0.29, 0.717) is 16.7 Å². The monoisotopic (exact) mass is 490 g/mol. The summed E-state index contributed by atoms with van der Waals surface area (Å²) in [7, 11) is -10.2. The number of hydrogen-bond acceptors (Lipinski definition) is 9. The Bertz CT molecular complexity index is 1330. The van der Waals surface area contributed by atoms with Crippen LogP contribution in [-0.2, 0) is 19.5 Å². The fourth-order valence-corrected chi connectivity index (χ4v) is 4.78. The number of rotatable bonds is 4. The predicted molar refractivity (Wildman–Crippen MR) is 106 cm³/mol. The molecule has 5 rings (SSSR count). The van der Waals surface area contributed by atoms with Crippen molar-refractivity contribution in [3.63, 3.8) is 0 Å². The Kier molecular flexibility index (Phi) is 4.70. The smallest absolute Gasteiger partial charge is 0.524 e. The van der Waals surface area contributed by atoms with E-state index in [1.165, 1.54) is 30.3 Å². The predicted octanol–water partition coefficient (Wildman–Crippen LogP) is 1.93. The normalized spacial score (nSPS) is 18.6. The fourth-order valence-electron chi connectivity index (χ4n) is 4.02. The largest absolute Gasteiger partial charge is 0.780 e. The lowest BCUT2D eigenvalue weighted by Gasteiger charge is -2.37. The highest BCUT2D eigenvalue weighted by atomic mass is 31.2. The van der Waals surface area contributed by atoms with E-state index in [-0.39, 0.29) is 28.6 Å². The Morgan fingerprint density at radius 3 is 1.97 bits per heavy atom. The van der Waals surface area contributed by atoms with Crippen LogP contribution in [0.1, 0.15) is 27.0 Å². The highest BCUT2D eigenvalue weighted by Gasteiger charge is 2.53. The van der Waals surface area contributed by atoms with Gasteiger partial charge in [-0.2, -0.15) is 0 Å². The van der Waals surface area contributed by atoms with E-state index in [1.807, 2.05) is 0 Å². The molecule has 170 valence electrons. The highest BCUT2D eigenvalue weighted by molar-refractivity contribution is 7.46. The number of fused-ring (bicyclic) bond motifs is 6. The van der Waals surface area contributed by atoms with Crippen molar-refractivity contribution in [3.05, 3.63) is 82.9 Å². The first-order valence-corrected chi connectivity index (χ1v) is 12.2. The van der Waals surface area contributed by atoms with Gasteiger partial charge in [-0.1, -0.05) is 18.2 Å². The summed E-state index contributed by atoms with van der Waals surface area (Å²) in [6.45, 7) is 0. The number of carbonyl (C=O) groups excluding carboxylic acids is 1. The summed E-state index contributed by atoms with van der Waals surface area (Å²) < 4.78 is 43.0. The third-order valence-corrected chi connectivity index (χ3v) is 5.98. The van der Waals surface area contributed by atoms with Crippen LogP contribution in [0.4, 0.5) is 0 Å². The SMILES string of the molecule is O=C1OC2(c3ccc(OP(=O)([O-])[O-])cc3Oc3cc(OP(=O)(O)O)ccc32)c2ccccc21. The number of esters is 1. The summed E-state index contributed by atoms with van der Waals surface area (Å²) in [6, 6.07) is 14.3. The first-order valence-electron chi connectivity index (χ1n) is 9.23. The van der Waals surface area contributed by atoms with Gasteiger partial charge in [0.1, 0.15) is 30.8 Å². The molecule has 0 aliphatic carbocycles. The Hall–Kier alpha value is -3.17. The Morgan fingerprint density at radius 2 is 1.39 bits per heavy atom. The molecule has 2 aliphatic heterocycles. The molecule has 33 heavy (non-hydrogen) atoms. The summed E-state index contributed by atoms with van der Waals surface area (Å²) in [4.78, 5) is 53.1. The van der Waals surface area contributed by atoms with Crippen molar-refractivity contribution < 1.29 is 52.0 Å². The number of benzene rings is 3. The molecule has 2 aliphatic rings. The van der Waals surface area contributed by atoms with Gasteiger partial charge in [-0.15, -0.1) is 0 Å². The van der Waals surface area contributed by atoms with E-state index in [4.69, 9.17) is 19.3 Å². The zero-order valence-corrected chi connectivity index (χ0v) is 18.0. The van der Waals surface area contributed by atoms with Gasteiger partial charge in [0.15, 0.2) is 5.60 Å². The number of hydrogen-bond donors (Lipinski definition) is 2. The lowest BCUT2D eigenvalue weighted by atomic mass is 9.77. The van der Waals surface area contributed by atoms with Gasteiger partial charge in [0.05, 0.1) is 5.56 Å². The zero-order chi connectivity index (χ0) is 23.6. The lowest BCUT2D eigenvalue weighted by Crippen LogP contribution is -2.33. The zero-order valence-electron chi connectivity index (χ0n) is 16.2. The number of phosphoric ester groups is 2. The Labute approximate surface area is 185 Å². The van der Waals surface area contributed by atoms with Gasteiger partial charge in [0.2, 0.25) is 0 Å². The topological polar surface area (TPSA) is 175 Å². The Balaban J connectivity index is 1.74. The van der Waals surface area contributed by atoms with Gasteiger partial charge in [-0.3, -0.25) is 9.79 Å². The van der Waals surface area contributed by atoms with Gasteiger partial charge in [-0.05, 0) is 30.3 Å².